The van der Waals surface area contributed by atoms with Crippen LogP contribution >= 0.6 is 11.3 Å². The Bertz CT molecular complexity index is 394. The SMILES string of the molecule is OCc1ccc(CNc2ccsc2)cc1. The summed E-state index contributed by atoms with van der Waals surface area (Å²) in [5.41, 5.74) is 3.33. The maximum absolute atomic E-state index is 8.89. The number of benzene rings is 1. The Morgan fingerprint density at radius 2 is 1.80 bits per heavy atom. The summed E-state index contributed by atoms with van der Waals surface area (Å²) in [7, 11) is 0. The molecule has 3 heteroatoms. The largest absolute Gasteiger partial charge is 0.392 e. The lowest BCUT2D eigenvalue weighted by molar-refractivity contribution is 0.282. The molecular weight excluding hydrogens is 206 g/mol. The second-order valence-electron chi connectivity index (χ2n) is 3.34. The smallest absolute Gasteiger partial charge is 0.0681 e. The van der Waals surface area contributed by atoms with E-state index in [-0.39, 0.29) is 6.61 Å². The van der Waals surface area contributed by atoms with Crippen molar-refractivity contribution in [1.82, 2.24) is 0 Å². The maximum atomic E-state index is 8.89. The summed E-state index contributed by atoms with van der Waals surface area (Å²) in [6.45, 7) is 0.931. The number of nitrogens with one attached hydrogen (secondary N) is 1. The molecule has 0 saturated heterocycles. The van der Waals surface area contributed by atoms with Gasteiger partial charge in [-0.3, -0.25) is 0 Å². The minimum Gasteiger partial charge on any atom is -0.392 e. The lowest BCUT2D eigenvalue weighted by atomic mass is 10.1. The molecular formula is C12H13NOS. The van der Waals surface area contributed by atoms with Crippen LogP contribution in [0.2, 0.25) is 0 Å². The fourth-order valence-corrected chi connectivity index (χ4v) is 1.94. The highest BCUT2D eigenvalue weighted by atomic mass is 32.1. The third kappa shape index (κ3) is 2.81. The molecule has 0 aliphatic carbocycles. The number of rotatable bonds is 4. The van der Waals surface area contributed by atoms with E-state index in [2.05, 4.69) is 22.1 Å². The molecule has 1 heterocycles. The number of anilines is 1. The van der Waals surface area contributed by atoms with E-state index in [1.165, 1.54) is 5.56 Å². The Kier molecular flexibility index (Phi) is 3.37. The fourth-order valence-electron chi connectivity index (χ4n) is 1.33. The standard InChI is InChI=1S/C12H13NOS/c14-8-11-3-1-10(2-4-11)7-13-12-5-6-15-9-12/h1-6,9,13-14H,7-8H2. The summed E-state index contributed by atoms with van der Waals surface area (Å²) >= 11 is 1.69. The van der Waals surface area contributed by atoms with Gasteiger partial charge in [-0.25, -0.2) is 0 Å². The van der Waals surface area contributed by atoms with E-state index >= 15 is 0 Å². The molecule has 1 aromatic carbocycles. The zero-order chi connectivity index (χ0) is 10.5. The second-order valence-corrected chi connectivity index (χ2v) is 4.12. The van der Waals surface area contributed by atoms with Crippen LogP contribution in [-0.4, -0.2) is 5.11 Å². The highest BCUT2D eigenvalue weighted by molar-refractivity contribution is 7.08. The molecule has 0 aliphatic heterocycles. The van der Waals surface area contributed by atoms with Crippen molar-refractivity contribution in [2.24, 2.45) is 0 Å². The first kappa shape index (κ1) is 10.2. The average Bonchev–Trinajstić information content (AvgIpc) is 2.80. The summed E-state index contributed by atoms with van der Waals surface area (Å²) in [4.78, 5) is 0. The number of aliphatic hydroxyl groups is 1. The van der Waals surface area contributed by atoms with Crippen molar-refractivity contribution in [3.8, 4) is 0 Å². The van der Waals surface area contributed by atoms with Crippen molar-refractivity contribution >= 4 is 17.0 Å². The minimum absolute atomic E-state index is 0.109. The second kappa shape index (κ2) is 4.96. The van der Waals surface area contributed by atoms with Crippen molar-refractivity contribution in [2.75, 3.05) is 5.32 Å². The molecule has 2 nitrogen and oxygen atoms in total. The molecule has 2 aromatic rings. The Hall–Kier alpha value is -1.32. The number of aliphatic hydroxyl groups excluding tert-OH is 1. The van der Waals surface area contributed by atoms with Crippen LogP contribution in [0, 0.1) is 0 Å². The maximum Gasteiger partial charge on any atom is 0.0681 e. The van der Waals surface area contributed by atoms with E-state index in [0.717, 1.165) is 17.8 Å². The van der Waals surface area contributed by atoms with Gasteiger partial charge in [0.15, 0.2) is 0 Å². The number of thiophene rings is 1. The summed E-state index contributed by atoms with van der Waals surface area (Å²) in [6.07, 6.45) is 0. The third-order valence-corrected chi connectivity index (χ3v) is 2.91. The zero-order valence-electron chi connectivity index (χ0n) is 8.31. The van der Waals surface area contributed by atoms with Crippen molar-refractivity contribution in [2.45, 2.75) is 13.2 Å². The van der Waals surface area contributed by atoms with Gasteiger partial charge < -0.3 is 10.4 Å². The van der Waals surface area contributed by atoms with Crippen LogP contribution in [0.3, 0.4) is 0 Å². The number of hydrogen-bond donors (Lipinski definition) is 2. The van der Waals surface area contributed by atoms with Crippen LogP contribution in [0.5, 0.6) is 0 Å². The Morgan fingerprint density at radius 3 is 2.40 bits per heavy atom. The molecule has 0 radical (unpaired) electrons. The lowest BCUT2D eigenvalue weighted by Crippen LogP contribution is -1.98. The van der Waals surface area contributed by atoms with E-state index < -0.39 is 0 Å². The van der Waals surface area contributed by atoms with Crippen LogP contribution < -0.4 is 5.32 Å². The molecule has 1 aromatic heterocycles. The molecule has 0 spiro atoms. The quantitative estimate of drug-likeness (QED) is 0.828. The first-order chi connectivity index (χ1) is 7.38. The van der Waals surface area contributed by atoms with Gasteiger partial charge in [0.2, 0.25) is 0 Å². The molecule has 0 aliphatic rings. The van der Waals surface area contributed by atoms with Crippen LogP contribution in [0.1, 0.15) is 11.1 Å². The first-order valence-corrected chi connectivity index (χ1v) is 5.77. The molecule has 0 amide bonds. The Balaban J connectivity index is 1.93. The fraction of sp³-hybridized carbons (Fsp3) is 0.167. The van der Waals surface area contributed by atoms with Gasteiger partial charge in [-0.15, -0.1) is 0 Å². The molecule has 0 saturated carbocycles. The minimum atomic E-state index is 0.109. The predicted octanol–water partition coefficient (Wildman–Crippen LogP) is 2.85. The van der Waals surface area contributed by atoms with Crippen LogP contribution in [0.25, 0.3) is 0 Å². The van der Waals surface area contributed by atoms with Crippen LogP contribution in [0.4, 0.5) is 5.69 Å². The van der Waals surface area contributed by atoms with Crippen molar-refractivity contribution in [3.05, 3.63) is 52.2 Å². The zero-order valence-corrected chi connectivity index (χ0v) is 9.13. The summed E-state index contributed by atoms with van der Waals surface area (Å²) in [5, 5.41) is 16.4. The van der Waals surface area contributed by atoms with Crippen LogP contribution in [-0.2, 0) is 13.2 Å². The Labute approximate surface area is 93.2 Å². The number of hydrogen-bond acceptors (Lipinski definition) is 3. The molecule has 0 atom stereocenters. The van der Waals surface area contributed by atoms with Gasteiger partial charge in [0.25, 0.3) is 0 Å². The van der Waals surface area contributed by atoms with Crippen molar-refractivity contribution < 1.29 is 5.11 Å². The van der Waals surface area contributed by atoms with Crippen molar-refractivity contribution in [3.63, 3.8) is 0 Å². The van der Waals surface area contributed by atoms with Gasteiger partial charge in [0, 0.05) is 17.6 Å². The molecule has 2 N–H and O–H groups in total. The molecule has 0 unspecified atom stereocenters. The monoisotopic (exact) mass is 219 g/mol. The highest BCUT2D eigenvalue weighted by Gasteiger charge is 1.95. The molecule has 78 valence electrons. The van der Waals surface area contributed by atoms with Crippen LogP contribution in [0.15, 0.2) is 41.1 Å². The summed E-state index contributed by atoms with van der Waals surface area (Å²) < 4.78 is 0. The predicted molar refractivity (Wildman–Crippen MR) is 64.0 cm³/mol. The van der Waals surface area contributed by atoms with Gasteiger partial charge in [-0.05, 0) is 22.6 Å². The van der Waals surface area contributed by atoms with E-state index in [9.17, 15) is 0 Å². The van der Waals surface area contributed by atoms with Gasteiger partial charge >= 0.3 is 0 Å². The lowest BCUT2D eigenvalue weighted by Gasteiger charge is -2.04. The van der Waals surface area contributed by atoms with E-state index in [4.69, 9.17) is 5.11 Å². The average molecular weight is 219 g/mol. The topological polar surface area (TPSA) is 32.3 Å². The van der Waals surface area contributed by atoms with Gasteiger partial charge in [0.1, 0.15) is 0 Å². The van der Waals surface area contributed by atoms with E-state index in [1.807, 2.05) is 24.3 Å². The molecule has 0 fully saturated rings. The van der Waals surface area contributed by atoms with E-state index in [0.29, 0.717) is 0 Å². The summed E-state index contributed by atoms with van der Waals surface area (Å²) in [6, 6.07) is 10.0. The highest BCUT2D eigenvalue weighted by Crippen LogP contribution is 2.13. The first-order valence-electron chi connectivity index (χ1n) is 4.83. The van der Waals surface area contributed by atoms with E-state index in [1.54, 1.807) is 11.3 Å². The Morgan fingerprint density at radius 1 is 1.07 bits per heavy atom. The molecule has 15 heavy (non-hydrogen) atoms. The third-order valence-electron chi connectivity index (χ3n) is 2.22. The van der Waals surface area contributed by atoms with Gasteiger partial charge in [-0.2, -0.15) is 11.3 Å². The normalized spacial score (nSPS) is 10.2. The van der Waals surface area contributed by atoms with Gasteiger partial charge in [0.05, 0.1) is 6.61 Å². The molecule has 0 bridgehead atoms. The molecule has 2 rings (SSSR count). The van der Waals surface area contributed by atoms with Gasteiger partial charge in [-0.1, -0.05) is 24.3 Å². The summed E-state index contributed by atoms with van der Waals surface area (Å²) in [5.74, 6) is 0. The van der Waals surface area contributed by atoms with Crippen molar-refractivity contribution in [1.29, 1.82) is 0 Å².